The van der Waals surface area contributed by atoms with Crippen LogP contribution in [0.1, 0.15) is 25.8 Å². The molecular formula is C15H19F3N2O. The highest BCUT2D eigenvalue weighted by Gasteiger charge is 2.31. The van der Waals surface area contributed by atoms with Gasteiger partial charge < -0.3 is 4.74 Å². The Kier molecular flexibility index (Phi) is 6.50. The van der Waals surface area contributed by atoms with Crippen molar-refractivity contribution < 1.29 is 17.9 Å². The number of alkyl halides is 3. The average molecular weight is 300 g/mol. The number of nitriles is 1. The number of hydrogen-bond donors (Lipinski definition) is 0. The van der Waals surface area contributed by atoms with E-state index in [1.807, 2.05) is 6.07 Å². The first-order valence-corrected chi connectivity index (χ1v) is 6.75. The third kappa shape index (κ3) is 7.00. The van der Waals surface area contributed by atoms with Gasteiger partial charge in [0.1, 0.15) is 5.75 Å². The van der Waals surface area contributed by atoms with Gasteiger partial charge in [0.05, 0.1) is 24.8 Å². The monoisotopic (exact) mass is 300 g/mol. The normalized spacial score (nSPS) is 11.7. The summed E-state index contributed by atoms with van der Waals surface area (Å²) in [6.07, 6.45) is -3.67. The molecule has 0 aromatic heterocycles. The van der Waals surface area contributed by atoms with Crippen LogP contribution in [-0.4, -0.2) is 36.8 Å². The van der Waals surface area contributed by atoms with E-state index in [0.717, 1.165) is 0 Å². The van der Waals surface area contributed by atoms with Gasteiger partial charge in [0.15, 0.2) is 0 Å². The maximum absolute atomic E-state index is 12.4. The fraction of sp³-hybridized carbons (Fsp3) is 0.533. The van der Waals surface area contributed by atoms with Gasteiger partial charge in [0.25, 0.3) is 0 Å². The maximum atomic E-state index is 12.4. The largest absolute Gasteiger partial charge is 0.494 e. The molecule has 0 saturated heterocycles. The summed E-state index contributed by atoms with van der Waals surface area (Å²) in [7, 11) is 0. The summed E-state index contributed by atoms with van der Waals surface area (Å²) >= 11 is 0. The van der Waals surface area contributed by atoms with Crippen molar-refractivity contribution in [3.8, 4) is 11.8 Å². The van der Waals surface area contributed by atoms with E-state index in [9.17, 15) is 13.2 Å². The number of halogens is 3. The zero-order chi connectivity index (χ0) is 15.9. The minimum absolute atomic E-state index is 0.165. The van der Waals surface area contributed by atoms with E-state index in [4.69, 9.17) is 10.00 Å². The van der Waals surface area contributed by atoms with Crippen molar-refractivity contribution in [2.75, 3.05) is 19.7 Å². The minimum atomic E-state index is -4.18. The third-order valence-corrected chi connectivity index (χ3v) is 2.95. The van der Waals surface area contributed by atoms with Crippen LogP contribution in [0.5, 0.6) is 5.75 Å². The molecule has 1 aromatic rings. The van der Waals surface area contributed by atoms with Crippen LogP contribution in [0.3, 0.4) is 0 Å². The van der Waals surface area contributed by atoms with Gasteiger partial charge in [-0.1, -0.05) is 0 Å². The van der Waals surface area contributed by atoms with Crippen molar-refractivity contribution in [1.82, 2.24) is 4.90 Å². The Morgan fingerprint density at radius 2 is 1.86 bits per heavy atom. The van der Waals surface area contributed by atoms with Crippen LogP contribution in [0.25, 0.3) is 0 Å². The summed E-state index contributed by atoms with van der Waals surface area (Å²) in [4.78, 5) is 1.38. The molecule has 0 unspecified atom stereocenters. The van der Waals surface area contributed by atoms with E-state index in [1.165, 1.54) is 4.90 Å². The van der Waals surface area contributed by atoms with E-state index in [-0.39, 0.29) is 6.04 Å². The molecule has 0 aliphatic carbocycles. The smallest absolute Gasteiger partial charge is 0.401 e. The molecule has 0 fully saturated rings. The first kappa shape index (κ1) is 17.3. The summed E-state index contributed by atoms with van der Waals surface area (Å²) in [6.45, 7) is 3.25. The van der Waals surface area contributed by atoms with Crippen LogP contribution >= 0.6 is 0 Å². The van der Waals surface area contributed by atoms with Crippen LogP contribution in [0.15, 0.2) is 24.3 Å². The van der Waals surface area contributed by atoms with Crippen LogP contribution in [0.2, 0.25) is 0 Å². The number of rotatable bonds is 7. The molecule has 0 aliphatic rings. The Hall–Kier alpha value is -1.74. The molecule has 3 nitrogen and oxygen atoms in total. The lowest BCUT2D eigenvalue weighted by Crippen LogP contribution is -2.40. The molecule has 0 N–H and O–H groups in total. The number of benzene rings is 1. The Labute approximate surface area is 122 Å². The Morgan fingerprint density at radius 3 is 2.33 bits per heavy atom. The van der Waals surface area contributed by atoms with Crippen molar-refractivity contribution >= 4 is 0 Å². The lowest BCUT2D eigenvalue weighted by atomic mass is 10.2. The Bertz CT molecular complexity index is 463. The standard InChI is InChI=1S/C15H19F3N2O/c1-12(2)20(11-15(16,17)18)8-3-9-21-14-6-4-13(10-19)5-7-14/h4-7,12H,3,8-9,11H2,1-2H3. The average Bonchev–Trinajstić information content (AvgIpc) is 2.41. The molecule has 21 heavy (non-hydrogen) atoms. The molecule has 0 aliphatic heterocycles. The van der Waals surface area contributed by atoms with Gasteiger partial charge in [-0.25, -0.2) is 0 Å². The highest BCUT2D eigenvalue weighted by molar-refractivity contribution is 5.34. The molecule has 0 amide bonds. The van der Waals surface area contributed by atoms with Crippen molar-refractivity contribution in [3.05, 3.63) is 29.8 Å². The molecule has 0 bridgehead atoms. The van der Waals surface area contributed by atoms with Crippen LogP contribution in [-0.2, 0) is 0 Å². The second-order valence-electron chi connectivity index (χ2n) is 5.02. The fourth-order valence-corrected chi connectivity index (χ4v) is 1.83. The molecule has 0 spiro atoms. The Balaban J connectivity index is 2.35. The van der Waals surface area contributed by atoms with Gasteiger partial charge in [-0.3, -0.25) is 4.90 Å². The predicted octanol–water partition coefficient (Wildman–Crippen LogP) is 3.60. The van der Waals surface area contributed by atoms with Crippen LogP contribution in [0.4, 0.5) is 13.2 Å². The quantitative estimate of drug-likeness (QED) is 0.722. The first-order chi connectivity index (χ1) is 9.81. The molecule has 0 atom stereocenters. The zero-order valence-electron chi connectivity index (χ0n) is 12.2. The second kappa shape index (κ2) is 7.89. The van der Waals surface area contributed by atoms with Gasteiger partial charge in [-0.15, -0.1) is 0 Å². The third-order valence-electron chi connectivity index (χ3n) is 2.95. The molecule has 0 heterocycles. The van der Waals surface area contributed by atoms with E-state index >= 15 is 0 Å². The highest BCUT2D eigenvalue weighted by atomic mass is 19.4. The SMILES string of the molecule is CC(C)N(CCCOc1ccc(C#N)cc1)CC(F)(F)F. The second-order valence-corrected chi connectivity index (χ2v) is 5.02. The van der Waals surface area contributed by atoms with E-state index < -0.39 is 12.7 Å². The number of hydrogen-bond acceptors (Lipinski definition) is 3. The minimum Gasteiger partial charge on any atom is -0.494 e. The van der Waals surface area contributed by atoms with E-state index in [2.05, 4.69) is 0 Å². The van der Waals surface area contributed by atoms with Crippen molar-refractivity contribution in [2.24, 2.45) is 0 Å². The van der Waals surface area contributed by atoms with Crippen molar-refractivity contribution in [1.29, 1.82) is 5.26 Å². The van der Waals surface area contributed by atoms with Crippen molar-refractivity contribution in [3.63, 3.8) is 0 Å². The molecular weight excluding hydrogens is 281 g/mol. The lowest BCUT2D eigenvalue weighted by molar-refractivity contribution is -0.149. The Morgan fingerprint density at radius 1 is 1.24 bits per heavy atom. The van der Waals surface area contributed by atoms with Crippen LogP contribution < -0.4 is 4.74 Å². The summed E-state index contributed by atoms with van der Waals surface area (Å²) in [5.74, 6) is 0.612. The summed E-state index contributed by atoms with van der Waals surface area (Å²) < 4.78 is 42.7. The van der Waals surface area contributed by atoms with Gasteiger partial charge in [-0.2, -0.15) is 18.4 Å². The summed E-state index contributed by atoms with van der Waals surface area (Å²) in [6, 6.07) is 8.46. The molecule has 1 rings (SSSR count). The van der Waals surface area contributed by atoms with Gasteiger partial charge in [-0.05, 0) is 44.5 Å². The van der Waals surface area contributed by atoms with E-state index in [1.54, 1.807) is 38.1 Å². The predicted molar refractivity (Wildman–Crippen MR) is 74.0 cm³/mol. The molecule has 116 valence electrons. The highest BCUT2D eigenvalue weighted by Crippen LogP contribution is 2.18. The van der Waals surface area contributed by atoms with Gasteiger partial charge in [0.2, 0.25) is 0 Å². The fourth-order valence-electron chi connectivity index (χ4n) is 1.83. The van der Waals surface area contributed by atoms with E-state index in [0.29, 0.717) is 30.9 Å². The van der Waals surface area contributed by atoms with Crippen molar-refractivity contribution in [2.45, 2.75) is 32.5 Å². The number of ether oxygens (including phenoxy) is 1. The number of nitrogens with zero attached hydrogens (tertiary/aromatic N) is 2. The van der Waals surface area contributed by atoms with Crippen LogP contribution in [0, 0.1) is 11.3 Å². The van der Waals surface area contributed by atoms with Gasteiger partial charge >= 0.3 is 6.18 Å². The maximum Gasteiger partial charge on any atom is 0.401 e. The molecule has 1 aromatic carbocycles. The topological polar surface area (TPSA) is 36.3 Å². The molecule has 0 saturated carbocycles. The summed E-state index contributed by atoms with van der Waals surface area (Å²) in [5, 5.41) is 8.66. The van der Waals surface area contributed by atoms with Gasteiger partial charge in [0, 0.05) is 12.6 Å². The first-order valence-electron chi connectivity index (χ1n) is 6.75. The molecule has 6 heteroatoms. The lowest BCUT2D eigenvalue weighted by Gasteiger charge is -2.27. The molecule has 0 radical (unpaired) electrons. The zero-order valence-corrected chi connectivity index (χ0v) is 12.2. The summed E-state index contributed by atoms with van der Waals surface area (Å²) in [5.41, 5.74) is 0.540.